The van der Waals surface area contributed by atoms with E-state index in [1.54, 1.807) is 0 Å². The fourth-order valence-corrected chi connectivity index (χ4v) is 1.99. The lowest BCUT2D eigenvalue weighted by Crippen LogP contribution is -2.14. The average Bonchev–Trinajstić information content (AvgIpc) is 2.52. The van der Waals surface area contributed by atoms with Crippen LogP contribution < -0.4 is 16.2 Å². The zero-order valence-corrected chi connectivity index (χ0v) is 12.1. The Balaban J connectivity index is 2.23. The normalized spacial score (nSPS) is 12.2. The van der Waals surface area contributed by atoms with Gasteiger partial charge in [0.25, 0.3) is 0 Å². The predicted molar refractivity (Wildman–Crippen MR) is 79.1 cm³/mol. The maximum absolute atomic E-state index is 13.1. The van der Waals surface area contributed by atoms with Gasteiger partial charge in [-0.05, 0) is 30.3 Å². The van der Waals surface area contributed by atoms with Gasteiger partial charge in [-0.25, -0.2) is 4.39 Å². The number of halogens is 4. The summed E-state index contributed by atoms with van der Waals surface area (Å²) >= 11 is 0. The summed E-state index contributed by atoms with van der Waals surface area (Å²) in [7, 11) is 0. The molecule has 9 heteroatoms. The molecule has 0 bridgehead atoms. The summed E-state index contributed by atoms with van der Waals surface area (Å²) in [6.07, 6.45) is -4.71. The number of nitrogens with two attached hydrogens (primary N) is 2. The lowest BCUT2D eigenvalue weighted by molar-refractivity contribution is -0.138. The van der Waals surface area contributed by atoms with Gasteiger partial charge in [-0.15, -0.1) is 0 Å². The second-order valence-corrected chi connectivity index (χ2v) is 4.83. The molecule has 0 atom stereocenters. The third-order valence-electron chi connectivity index (χ3n) is 3.17. The molecule has 128 valence electrons. The number of hydrogen-bond donors (Lipinski definition) is 3. The minimum atomic E-state index is -4.71. The molecular formula is C15H13F4N3O2. The highest BCUT2D eigenvalue weighted by Crippen LogP contribution is 2.33. The number of rotatable bonds is 4. The maximum atomic E-state index is 13.1. The van der Waals surface area contributed by atoms with E-state index in [-0.39, 0.29) is 22.8 Å². The molecular weight excluding hydrogens is 330 g/mol. The van der Waals surface area contributed by atoms with Gasteiger partial charge < -0.3 is 21.4 Å². The fourth-order valence-electron chi connectivity index (χ4n) is 1.99. The van der Waals surface area contributed by atoms with Crippen LogP contribution in [0.2, 0.25) is 0 Å². The van der Waals surface area contributed by atoms with Crippen LogP contribution in [0.25, 0.3) is 0 Å². The highest BCUT2D eigenvalue weighted by Gasteiger charge is 2.33. The summed E-state index contributed by atoms with van der Waals surface area (Å²) in [4.78, 5) is 0. The Labute approximate surface area is 134 Å². The monoisotopic (exact) mass is 343 g/mol. The van der Waals surface area contributed by atoms with Gasteiger partial charge in [0.2, 0.25) is 0 Å². The first-order valence-electron chi connectivity index (χ1n) is 6.58. The van der Waals surface area contributed by atoms with E-state index >= 15 is 0 Å². The number of ether oxygens (including phenoxy) is 1. The minimum Gasteiger partial charge on any atom is -0.487 e. The molecule has 0 saturated heterocycles. The fraction of sp³-hybridized carbons (Fsp3) is 0.133. The van der Waals surface area contributed by atoms with Gasteiger partial charge in [0, 0.05) is 11.1 Å². The largest absolute Gasteiger partial charge is 0.487 e. The van der Waals surface area contributed by atoms with Crippen LogP contribution >= 0.6 is 0 Å². The van der Waals surface area contributed by atoms with Crippen LogP contribution in [0.15, 0.2) is 41.6 Å². The summed E-state index contributed by atoms with van der Waals surface area (Å²) in [5, 5.41) is 11.4. The molecule has 0 aromatic heterocycles. The van der Waals surface area contributed by atoms with Gasteiger partial charge in [-0.2, -0.15) is 13.2 Å². The molecule has 0 aliphatic heterocycles. The van der Waals surface area contributed by atoms with Crippen LogP contribution in [0.3, 0.4) is 0 Å². The number of nitrogen functional groups attached to an aromatic ring is 1. The van der Waals surface area contributed by atoms with E-state index in [0.717, 1.165) is 12.1 Å². The average molecular weight is 343 g/mol. The molecule has 0 aliphatic rings. The van der Waals surface area contributed by atoms with Crippen molar-refractivity contribution in [2.24, 2.45) is 10.9 Å². The first-order valence-corrected chi connectivity index (χ1v) is 6.58. The topological polar surface area (TPSA) is 93.9 Å². The lowest BCUT2D eigenvalue weighted by atomic mass is 10.1. The highest BCUT2D eigenvalue weighted by molar-refractivity contribution is 5.98. The van der Waals surface area contributed by atoms with Crippen LogP contribution in [0.5, 0.6) is 5.75 Å². The molecule has 2 rings (SSSR count). The number of hydrogen-bond acceptors (Lipinski definition) is 4. The Hall–Kier alpha value is -2.97. The molecule has 5 N–H and O–H groups in total. The van der Waals surface area contributed by atoms with Gasteiger partial charge in [0.05, 0.1) is 11.3 Å². The van der Waals surface area contributed by atoms with Crippen molar-refractivity contribution in [2.45, 2.75) is 12.8 Å². The molecule has 24 heavy (non-hydrogen) atoms. The second kappa shape index (κ2) is 6.65. The third-order valence-corrected chi connectivity index (χ3v) is 3.17. The number of nitrogens with zero attached hydrogens (tertiary/aromatic N) is 1. The Kier molecular flexibility index (Phi) is 4.82. The zero-order valence-electron chi connectivity index (χ0n) is 12.1. The summed E-state index contributed by atoms with van der Waals surface area (Å²) in [5.74, 6) is -1.05. The van der Waals surface area contributed by atoms with Gasteiger partial charge in [0.15, 0.2) is 5.84 Å². The molecule has 2 aromatic rings. The summed E-state index contributed by atoms with van der Waals surface area (Å²) in [5.41, 5.74) is 10.2. The van der Waals surface area contributed by atoms with Crippen molar-refractivity contribution in [3.63, 3.8) is 0 Å². The van der Waals surface area contributed by atoms with Gasteiger partial charge in [-0.3, -0.25) is 0 Å². The number of alkyl halides is 3. The number of anilines is 1. The van der Waals surface area contributed by atoms with Crippen molar-refractivity contribution < 1.29 is 27.5 Å². The molecule has 2 aromatic carbocycles. The van der Waals surface area contributed by atoms with Crippen molar-refractivity contribution in [3.8, 4) is 5.75 Å². The first-order chi connectivity index (χ1) is 11.2. The van der Waals surface area contributed by atoms with Gasteiger partial charge in [-0.1, -0.05) is 11.2 Å². The van der Waals surface area contributed by atoms with Crippen molar-refractivity contribution in [1.29, 1.82) is 0 Å². The van der Waals surface area contributed by atoms with Crippen LogP contribution in [-0.4, -0.2) is 11.0 Å². The SMILES string of the molecule is NC(=NO)c1ccc(OCc2ccc(F)cc2C(F)(F)F)c(N)c1. The first kappa shape index (κ1) is 17.4. The van der Waals surface area contributed by atoms with E-state index < -0.39 is 24.2 Å². The molecule has 5 nitrogen and oxygen atoms in total. The number of amidine groups is 1. The second-order valence-electron chi connectivity index (χ2n) is 4.83. The smallest absolute Gasteiger partial charge is 0.416 e. The Bertz CT molecular complexity index is 776. The molecule has 0 saturated carbocycles. The van der Waals surface area contributed by atoms with Crippen molar-refractivity contribution in [2.75, 3.05) is 5.73 Å². The molecule has 0 spiro atoms. The van der Waals surface area contributed by atoms with Crippen LogP contribution in [0, 0.1) is 5.82 Å². The maximum Gasteiger partial charge on any atom is 0.416 e. The molecule has 0 fully saturated rings. The molecule has 0 heterocycles. The van der Waals surface area contributed by atoms with E-state index in [1.807, 2.05) is 0 Å². The van der Waals surface area contributed by atoms with E-state index in [9.17, 15) is 17.6 Å². The van der Waals surface area contributed by atoms with E-state index in [0.29, 0.717) is 11.6 Å². The highest BCUT2D eigenvalue weighted by atomic mass is 19.4. The summed E-state index contributed by atoms with van der Waals surface area (Å²) in [6, 6.07) is 6.47. The van der Waals surface area contributed by atoms with E-state index in [4.69, 9.17) is 21.4 Å². The summed E-state index contributed by atoms with van der Waals surface area (Å²) in [6.45, 7) is -0.456. The molecule has 0 amide bonds. The predicted octanol–water partition coefficient (Wildman–Crippen LogP) is 3.10. The van der Waals surface area contributed by atoms with Crippen LogP contribution in [-0.2, 0) is 12.8 Å². The third kappa shape index (κ3) is 3.86. The Morgan fingerprint density at radius 2 is 1.88 bits per heavy atom. The van der Waals surface area contributed by atoms with E-state index in [2.05, 4.69) is 5.16 Å². The van der Waals surface area contributed by atoms with Crippen LogP contribution in [0.4, 0.5) is 23.2 Å². The Morgan fingerprint density at radius 3 is 2.46 bits per heavy atom. The Morgan fingerprint density at radius 1 is 1.17 bits per heavy atom. The minimum absolute atomic E-state index is 0.0924. The lowest BCUT2D eigenvalue weighted by Gasteiger charge is -2.15. The van der Waals surface area contributed by atoms with Gasteiger partial charge in [0.1, 0.15) is 18.2 Å². The quantitative estimate of drug-likeness (QED) is 0.199. The number of oxime groups is 1. The van der Waals surface area contributed by atoms with Crippen molar-refractivity contribution in [1.82, 2.24) is 0 Å². The van der Waals surface area contributed by atoms with Crippen molar-refractivity contribution >= 4 is 11.5 Å². The van der Waals surface area contributed by atoms with Crippen molar-refractivity contribution in [3.05, 3.63) is 58.9 Å². The van der Waals surface area contributed by atoms with Gasteiger partial charge >= 0.3 is 6.18 Å². The molecule has 0 radical (unpaired) electrons. The molecule has 0 unspecified atom stereocenters. The molecule has 0 aliphatic carbocycles. The summed E-state index contributed by atoms with van der Waals surface area (Å²) < 4.78 is 57.1. The number of benzene rings is 2. The standard InChI is InChI=1S/C15H13F4N3O2/c16-10-3-1-9(11(6-10)15(17,18)19)7-24-13-4-2-8(5-12(13)20)14(21)22-23/h1-6,23H,7,20H2,(H2,21,22). The van der Waals surface area contributed by atoms with E-state index in [1.165, 1.54) is 18.2 Å². The zero-order chi connectivity index (χ0) is 17.9. The van der Waals surface area contributed by atoms with Crippen LogP contribution in [0.1, 0.15) is 16.7 Å².